The van der Waals surface area contributed by atoms with Crippen LogP contribution in [0, 0.1) is 5.92 Å². The number of hydrogen-bond acceptors (Lipinski definition) is 5. The average Bonchev–Trinajstić information content (AvgIpc) is 3.67. The first kappa shape index (κ1) is 29.2. The van der Waals surface area contributed by atoms with Crippen LogP contribution in [-0.2, 0) is 0 Å². The lowest BCUT2D eigenvalue weighted by Gasteiger charge is -2.34. The summed E-state index contributed by atoms with van der Waals surface area (Å²) in [5, 5.41) is 15.0. The van der Waals surface area contributed by atoms with Gasteiger partial charge < -0.3 is 15.3 Å². The Balaban J connectivity index is 0.00000180. The monoisotopic (exact) mass is 657 g/mol. The minimum absolute atomic E-state index is 0. The molecule has 1 heterocycles. The van der Waals surface area contributed by atoms with E-state index in [1.165, 1.54) is 0 Å². The average molecular weight is 660 g/mol. The number of pyridine rings is 1. The zero-order chi connectivity index (χ0) is 24.0. The molecule has 36 heavy (non-hydrogen) atoms. The highest BCUT2D eigenvalue weighted by atomic mass is 79.9. The standard InChI is InChI=1S/C27H29Cl2N3O2.2BrH/c1-32(2)19-8-6-18(7-9-19)31-25-20-11-16(17-12-22(28)27(34)23(29)13-17)5-10-24(20)30-14-21(25)26(33)15-3-4-15;;/h5,10-15,18-19,34H,3-4,6-9H2,1-2H3,(H,30,31);2*1H/t18-,19-;;. The van der Waals surface area contributed by atoms with E-state index in [2.05, 4.69) is 29.3 Å². The predicted molar refractivity (Wildman–Crippen MR) is 160 cm³/mol. The van der Waals surface area contributed by atoms with E-state index in [1.807, 2.05) is 18.2 Å². The summed E-state index contributed by atoms with van der Waals surface area (Å²) < 4.78 is 0. The van der Waals surface area contributed by atoms with Gasteiger partial charge in [-0.2, -0.15) is 0 Å². The first-order valence-electron chi connectivity index (χ1n) is 11.9. The number of aromatic hydroxyl groups is 1. The van der Waals surface area contributed by atoms with E-state index in [0.29, 0.717) is 17.6 Å². The summed E-state index contributed by atoms with van der Waals surface area (Å²) in [6.07, 6.45) is 8.04. The van der Waals surface area contributed by atoms with Crippen LogP contribution in [0.4, 0.5) is 5.69 Å². The second-order valence-corrected chi connectivity index (χ2v) is 10.6. The molecule has 0 spiro atoms. The van der Waals surface area contributed by atoms with Gasteiger partial charge in [0.2, 0.25) is 0 Å². The maximum absolute atomic E-state index is 13.2. The number of ketones is 1. The van der Waals surface area contributed by atoms with Crippen molar-refractivity contribution in [1.29, 1.82) is 0 Å². The number of hydrogen-bond donors (Lipinski definition) is 2. The lowest BCUT2D eigenvalue weighted by molar-refractivity contribution is 0.0968. The van der Waals surface area contributed by atoms with E-state index < -0.39 is 0 Å². The summed E-state index contributed by atoms with van der Waals surface area (Å²) in [7, 11) is 4.29. The van der Waals surface area contributed by atoms with Gasteiger partial charge in [-0.25, -0.2) is 0 Å². The highest BCUT2D eigenvalue weighted by Crippen LogP contribution is 2.40. The van der Waals surface area contributed by atoms with Gasteiger partial charge in [-0.05, 0) is 88.0 Å². The second-order valence-electron chi connectivity index (χ2n) is 9.82. The van der Waals surface area contributed by atoms with Crippen molar-refractivity contribution in [3.05, 3.63) is 52.1 Å². The lowest BCUT2D eigenvalue weighted by atomic mass is 9.89. The quantitative estimate of drug-likeness (QED) is 0.263. The highest BCUT2D eigenvalue weighted by Gasteiger charge is 2.33. The molecule has 5 rings (SSSR count). The van der Waals surface area contributed by atoms with Crippen molar-refractivity contribution in [1.82, 2.24) is 9.88 Å². The van der Waals surface area contributed by atoms with Crippen molar-refractivity contribution < 1.29 is 9.90 Å². The number of carbonyl (C=O) groups is 1. The highest BCUT2D eigenvalue weighted by molar-refractivity contribution is 8.93. The molecule has 0 bridgehead atoms. The molecule has 2 fully saturated rings. The molecular weight excluding hydrogens is 629 g/mol. The van der Waals surface area contributed by atoms with E-state index in [0.717, 1.165) is 66.2 Å². The van der Waals surface area contributed by atoms with Gasteiger partial charge in [0.05, 0.1) is 26.8 Å². The predicted octanol–water partition coefficient (Wildman–Crippen LogP) is 7.95. The normalized spacial score (nSPS) is 19.5. The Morgan fingerprint density at radius 2 is 1.61 bits per heavy atom. The molecule has 0 aliphatic heterocycles. The van der Waals surface area contributed by atoms with Gasteiger partial charge in [0.25, 0.3) is 0 Å². The SMILES string of the molecule is Br.Br.CN(C)[C@H]1CC[C@H](Nc2c(C(=O)C3CC3)cnc3ccc(-c4cc(Cl)c(O)c(Cl)c4)cc23)CC1. The first-order valence-corrected chi connectivity index (χ1v) is 12.7. The maximum atomic E-state index is 13.2. The molecule has 3 aromatic rings. The number of aromatic nitrogens is 1. The van der Waals surface area contributed by atoms with Crippen LogP contribution in [0.1, 0.15) is 48.9 Å². The largest absolute Gasteiger partial charge is 0.505 e. The van der Waals surface area contributed by atoms with Gasteiger partial charge in [-0.3, -0.25) is 9.78 Å². The third-order valence-electron chi connectivity index (χ3n) is 7.21. The van der Waals surface area contributed by atoms with Crippen LogP contribution in [0.2, 0.25) is 10.0 Å². The Hall–Kier alpha value is -1.38. The number of rotatable bonds is 6. The molecule has 0 atom stereocenters. The Kier molecular flexibility index (Phi) is 9.72. The molecule has 2 aromatic carbocycles. The summed E-state index contributed by atoms with van der Waals surface area (Å²) in [4.78, 5) is 20.1. The first-order chi connectivity index (χ1) is 16.3. The Morgan fingerprint density at radius 3 is 2.19 bits per heavy atom. The molecule has 0 radical (unpaired) electrons. The smallest absolute Gasteiger partial charge is 0.169 e. The summed E-state index contributed by atoms with van der Waals surface area (Å²) in [6, 6.07) is 10.3. The van der Waals surface area contributed by atoms with Gasteiger partial charge in [0, 0.05) is 29.6 Å². The number of phenolic OH excluding ortho intramolecular Hbond substituents is 1. The minimum Gasteiger partial charge on any atom is -0.505 e. The van der Waals surface area contributed by atoms with Crippen molar-refractivity contribution in [2.75, 3.05) is 19.4 Å². The summed E-state index contributed by atoms with van der Waals surface area (Å²) in [5.41, 5.74) is 4.09. The van der Waals surface area contributed by atoms with Gasteiger partial charge in [-0.1, -0.05) is 29.3 Å². The van der Waals surface area contributed by atoms with E-state index in [1.54, 1.807) is 18.3 Å². The van der Waals surface area contributed by atoms with Gasteiger partial charge in [0.15, 0.2) is 11.5 Å². The third-order valence-corrected chi connectivity index (χ3v) is 7.78. The number of anilines is 1. The molecular formula is C27H31Br2Cl2N3O2. The van der Waals surface area contributed by atoms with E-state index in [-0.39, 0.29) is 61.5 Å². The molecule has 194 valence electrons. The zero-order valence-corrected chi connectivity index (χ0v) is 25.2. The molecule has 0 amide bonds. The van der Waals surface area contributed by atoms with Crippen molar-refractivity contribution in [3.8, 4) is 16.9 Å². The van der Waals surface area contributed by atoms with Crippen LogP contribution in [0.3, 0.4) is 0 Å². The maximum Gasteiger partial charge on any atom is 0.169 e. The molecule has 0 saturated heterocycles. The summed E-state index contributed by atoms with van der Waals surface area (Å²) in [6.45, 7) is 0. The molecule has 2 aliphatic rings. The number of benzene rings is 2. The number of nitrogens with one attached hydrogen (secondary N) is 1. The number of fused-ring (bicyclic) bond motifs is 1. The van der Waals surface area contributed by atoms with Crippen LogP contribution >= 0.6 is 57.2 Å². The Labute approximate surface area is 243 Å². The van der Waals surface area contributed by atoms with Crippen molar-refractivity contribution in [2.24, 2.45) is 5.92 Å². The van der Waals surface area contributed by atoms with Gasteiger partial charge >= 0.3 is 0 Å². The number of Topliss-reactive ketones (excluding diaryl/α,β-unsaturated/α-hetero) is 1. The van der Waals surface area contributed by atoms with Gasteiger partial charge in [-0.15, -0.1) is 34.0 Å². The fraction of sp³-hybridized carbons (Fsp3) is 0.407. The number of carbonyl (C=O) groups excluding carboxylic acids is 1. The molecule has 2 saturated carbocycles. The lowest BCUT2D eigenvalue weighted by Crippen LogP contribution is -2.36. The van der Waals surface area contributed by atoms with Crippen LogP contribution < -0.4 is 5.32 Å². The Bertz CT molecular complexity index is 1240. The summed E-state index contributed by atoms with van der Waals surface area (Å²) >= 11 is 12.4. The van der Waals surface area contributed by atoms with Gasteiger partial charge in [0.1, 0.15) is 0 Å². The molecule has 2 N–H and O–H groups in total. The van der Waals surface area contributed by atoms with Crippen LogP contribution in [0.5, 0.6) is 5.75 Å². The molecule has 5 nitrogen and oxygen atoms in total. The second kappa shape index (κ2) is 12.0. The fourth-order valence-corrected chi connectivity index (χ4v) is 5.44. The van der Waals surface area contributed by atoms with Crippen LogP contribution in [0.25, 0.3) is 22.0 Å². The molecule has 1 aromatic heterocycles. The number of halogens is 4. The van der Waals surface area contributed by atoms with E-state index >= 15 is 0 Å². The zero-order valence-electron chi connectivity index (χ0n) is 20.3. The number of phenols is 1. The molecule has 0 unspecified atom stereocenters. The van der Waals surface area contributed by atoms with Crippen LogP contribution in [0.15, 0.2) is 36.5 Å². The number of nitrogens with zero attached hydrogens (tertiary/aromatic N) is 2. The molecule has 2 aliphatic carbocycles. The van der Waals surface area contributed by atoms with Crippen molar-refractivity contribution in [2.45, 2.75) is 50.6 Å². The minimum atomic E-state index is -0.123. The Morgan fingerprint density at radius 1 is 0.972 bits per heavy atom. The third kappa shape index (κ3) is 6.02. The van der Waals surface area contributed by atoms with E-state index in [9.17, 15) is 9.90 Å². The van der Waals surface area contributed by atoms with Crippen LogP contribution in [-0.4, -0.2) is 47.0 Å². The summed E-state index contributed by atoms with van der Waals surface area (Å²) in [5.74, 6) is 0.171. The van der Waals surface area contributed by atoms with Crippen molar-refractivity contribution >= 4 is 79.5 Å². The van der Waals surface area contributed by atoms with Crippen molar-refractivity contribution in [3.63, 3.8) is 0 Å². The molecule has 9 heteroatoms. The topological polar surface area (TPSA) is 65.5 Å². The fourth-order valence-electron chi connectivity index (χ4n) is 4.95. The van der Waals surface area contributed by atoms with E-state index in [4.69, 9.17) is 23.2 Å².